The van der Waals surface area contributed by atoms with Gasteiger partial charge in [0.05, 0.1) is 19.0 Å². The van der Waals surface area contributed by atoms with Crippen molar-refractivity contribution in [3.63, 3.8) is 0 Å². The van der Waals surface area contributed by atoms with Crippen LogP contribution in [0.1, 0.15) is 0 Å². The summed E-state index contributed by atoms with van der Waals surface area (Å²) in [7, 11) is 1.48. The molecule has 1 aromatic carbocycles. The van der Waals surface area contributed by atoms with Gasteiger partial charge in [-0.15, -0.1) is 0 Å². The zero-order valence-electron chi connectivity index (χ0n) is 12.3. The summed E-state index contributed by atoms with van der Waals surface area (Å²) in [6, 6.07) is 7.18. The molecule has 0 unspecified atom stereocenters. The molecule has 1 aromatic heterocycles. The second-order valence-corrected chi connectivity index (χ2v) is 6.07. The summed E-state index contributed by atoms with van der Waals surface area (Å²) in [5.41, 5.74) is 2.00. The lowest BCUT2D eigenvalue weighted by Gasteiger charge is -2.37. The van der Waals surface area contributed by atoms with E-state index in [-0.39, 0.29) is 11.6 Å². The molecule has 1 aliphatic rings. The minimum atomic E-state index is -0.321. The van der Waals surface area contributed by atoms with Gasteiger partial charge in [-0.1, -0.05) is 0 Å². The molecule has 0 N–H and O–H groups in total. The van der Waals surface area contributed by atoms with Crippen LogP contribution >= 0.6 is 15.9 Å². The third-order valence-corrected chi connectivity index (χ3v) is 4.27. The van der Waals surface area contributed by atoms with Crippen LogP contribution in [0.15, 0.2) is 41.1 Å². The van der Waals surface area contributed by atoms with Crippen molar-refractivity contribution in [3.8, 4) is 5.75 Å². The highest BCUT2D eigenvalue weighted by Gasteiger charge is 2.19. The highest BCUT2D eigenvalue weighted by Crippen LogP contribution is 2.26. The molecule has 1 saturated heterocycles. The molecule has 3 rings (SSSR count). The van der Waals surface area contributed by atoms with E-state index in [1.165, 1.54) is 13.2 Å². The Balaban J connectivity index is 1.68. The van der Waals surface area contributed by atoms with Gasteiger partial charge in [-0.05, 0) is 34.1 Å². The van der Waals surface area contributed by atoms with E-state index in [0.29, 0.717) is 0 Å². The summed E-state index contributed by atoms with van der Waals surface area (Å²) in [6.07, 6.45) is 3.65. The normalized spacial score (nSPS) is 15.0. The maximum Gasteiger partial charge on any atom is 0.167 e. The van der Waals surface area contributed by atoms with Crippen LogP contribution in [-0.2, 0) is 0 Å². The lowest BCUT2D eigenvalue weighted by Crippen LogP contribution is -2.46. The van der Waals surface area contributed by atoms with Crippen molar-refractivity contribution < 1.29 is 9.13 Å². The summed E-state index contributed by atoms with van der Waals surface area (Å²) in [4.78, 5) is 8.67. The van der Waals surface area contributed by atoms with Gasteiger partial charge in [0.2, 0.25) is 0 Å². The Morgan fingerprint density at radius 3 is 2.32 bits per heavy atom. The summed E-state index contributed by atoms with van der Waals surface area (Å²) in [5, 5.41) is 0. The first kappa shape index (κ1) is 15.1. The average Bonchev–Trinajstić information content (AvgIpc) is 2.55. The highest BCUT2D eigenvalue weighted by atomic mass is 79.9. The van der Waals surface area contributed by atoms with E-state index in [0.717, 1.165) is 42.0 Å². The van der Waals surface area contributed by atoms with Gasteiger partial charge in [0.1, 0.15) is 0 Å². The van der Waals surface area contributed by atoms with Crippen LogP contribution in [0.2, 0.25) is 0 Å². The van der Waals surface area contributed by atoms with Gasteiger partial charge in [-0.2, -0.15) is 0 Å². The first-order valence-electron chi connectivity index (χ1n) is 7.11. The predicted octanol–water partition coefficient (Wildman–Crippen LogP) is 3.32. The molecular formula is C16H17BrFN3O. The minimum Gasteiger partial charge on any atom is -0.494 e. The van der Waals surface area contributed by atoms with E-state index in [1.807, 2.05) is 12.3 Å². The third kappa shape index (κ3) is 3.16. The van der Waals surface area contributed by atoms with Gasteiger partial charge in [0, 0.05) is 48.6 Å². The molecule has 2 aromatic rings. The number of pyridine rings is 1. The van der Waals surface area contributed by atoms with Gasteiger partial charge in [0.25, 0.3) is 0 Å². The van der Waals surface area contributed by atoms with Crippen molar-refractivity contribution in [2.75, 3.05) is 43.1 Å². The number of methoxy groups -OCH3 is 1. The van der Waals surface area contributed by atoms with Gasteiger partial charge in [-0.25, -0.2) is 4.39 Å². The fourth-order valence-electron chi connectivity index (χ4n) is 2.65. The summed E-state index contributed by atoms with van der Waals surface area (Å²) < 4.78 is 19.8. The number of benzene rings is 1. The Hall–Kier alpha value is -1.82. The van der Waals surface area contributed by atoms with Crippen LogP contribution in [0.3, 0.4) is 0 Å². The molecule has 0 radical (unpaired) electrons. The Morgan fingerprint density at radius 1 is 1.05 bits per heavy atom. The Kier molecular flexibility index (Phi) is 4.47. The molecule has 0 spiro atoms. The molecule has 116 valence electrons. The molecule has 0 amide bonds. The smallest absolute Gasteiger partial charge is 0.167 e. The number of anilines is 2. The minimum absolute atomic E-state index is 0.280. The zero-order valence-corrected chi connectivity index (χ0v) is 13.9. The predicted molar refractivity (Wildman–Crippen MR) is 89.3 cm³/mol. The van der Waals surface area contributed by atoms with Crippen LogP contribution in [0.25, 0.3) is 0 Å². The van der Waals surface area contributed by atoms with Gasteiger partial charge in [-0.3, -0.25) is 4.98 Å². The van der Waals surface area contributed by atoms with E-state index in [9.17, 15) is 4.39 Å². The molecule has 0 saturated carbocycles. The fourth-order valence-corrected chi connectivity index (χ4v) is 3.00. The number of piperazine rings is 1. The van der Waals surface area contributed by atoms with Crippen molar-refractivity contribution in [2.45, 2.75) is 0 Å². The molecule has 0 aliphatic carbocycles. The van der Waals surface area contributed by atoms with Gasteiger partial charge in [0.15, 0.2) is 11.6 Å². The first-order chi connectivity index (χ1) is 10.7. The second-order valence-electron chi connectivity index (χ2n) is 5.15. The monoisotopic (exact) mass is 365 g/mol. The molecule has 2 heterocycles. The molecular weight excluding hydrogens is 349 g/mol. The van der Waals surface area contributed by atoms with E-state index >= 15 is 0 Å². The maximum absolute atomic E-state index is 13.8. The molecule has 6 heteroatoms. The summed E-state index contributed by atoms with van der Waals surface area (Å²) >= 11 is 3.45. The van der Waals surface area contributed by atoms with E-state index in [2.05, 4.69) is 36.8 Å². The number of nitrogens with zero attached hydrogens (tertiary/aromatic N) is 3. The van der Waals surface area contributed by atoms with Crippen molar-refractivity contribution in [2.24, 2.45) is 0 Å². The van der Waals surface area contributed by atoms with E-state index < -0.39 is 0 Å². The van der Waals surface area contributed by atoms with E-state index in [4.69, 9.17) is 4.74 Å². The second kappa shape index (κ2) is 6.52. The van der Waals surface area contributed by atoms with Crippen LogP contribution in [0.4, 0.5) is 15.8 Å². The zero-order chi connectivity index (χ0) is 15.5. The number of aromatic nitrogens is 1. The van der Waals surface area contributed by atoms with Crippen LogP contribution < -0.4 is 14.5 Å². The molecule has 0 atom stereocenters. The topological polar surface area (TPSA) is 28.6 Å². The van der Waals surface area contributed by atoms with Crippen molar-refractivity contribution in [1.29, 1.82) is 0 Å². The molecule has 1 aliphatic heterocycles. The summed E-state index contributed by atoms with van der Waals surface area (Å²) in [5.74, 6) is -0.0405. The fraction of sp³-hybridized carbons (Fsp3) is 0.312. The van der Waals surface area contributed by atoms with Crippen LogP contribution in [-0.4, -0.2) is 38.3 Å². The quantitative estimate of drug-likeness (QED) is 0.834. The number of ether oxygens (including phenoxy) is 1. The van der Waals surface area contributed by atoms with Crippen molar-refractivity contribution in [1.82, 2.24) is 4.98 Å². The lowest BCUT2D eigenvalue weighted by molar-refractivity contribution is 0.386. The van der Waals surface area contributed by atoms with Crippen molar-refractivity contribution >= 4 is 27.3 Å². The Morgan fingerprint density at radius 2 is 1.73 bits per heavy atom. The maximum atomic E-state index is 13.8. The average molecular weight is 366 g/mol. The van der Waals surface area contributed by atoms with Crippen LogP contribution in [0, 0.1) is 5.82 Å². The van der Waals surface area contributed by atoms with Gasteiger partial charge < -0.3 is 14.5 Å². The molecule has 4 nitrogen and oxygen atoms in total. The van der Waals surface area contributed by atoms with Gasteiger partial charge >= 0.3 is 0 Å². The SMILES string of the molecule is COc1ccc(N2CCN(c3cncc(Br)c3)CC2)cc1F. The van der Waals surface area contributed by atoms with Crippen LogP contribution in [0.5, 0.6) is 5.75 Å². The third-order valence-electron chi connectivity index (χ3n) is 3.84. The highest BCUT2D eigenvalue weighted by molar-refractivity contribution is 9.10. The molecule has 1 fully saturated rings. The van der Waals surface area contributed by atoms with E-state index in [1.54, 1.807) is 12.3 Å². The molecule has 0 bridgehead atoms. The van der Waals surface area contributed by atoms with Crippen molar-refractivity contribution in [3.05, 3.63) is 46.9 Å². The lowest BCUT2D eigenvalue weighted by atomic mass is 10.2. The Labute approximate surface area is 137 Å². The molecule has 22 heavy (non-hydrogen) atoms. The Bertz CT molecular complexity index is 660. The number of hydrogen-bond donors (Lipinski definition) is 0. The standard InChI is InChI=1S/C16H17BrFN3O/c1-22-16-3-2-13(9-15(16)18)20-4-6-21(7-5-20)14-8-12(17)10-19-11-14/h2-3,8-11H,4-7H2,1H3. The summed E-state index contributed by atoms with van der Waals surface area (Å²) in [6.45, 7) is 3.45. The first-order valence-corrected chi connectivity index (χ1v) is 7.90. The number of rotatable bonds is 3. The number of hydrogen-bond acceptors (Lipinski definition) is 4. The largest absolute Gasteiger partial charge is 0.494 e. The number of halogens is 2.